The van der Waals surface area contributed by atoms with Crippen LogP contribution < -0.4 is 0 Å². The number of halogens is 1. The van der Waals surface area contributed by atoms with Gasteiger partial charge in [-0.2, -0.15) is 0 Å². The molecule has 1 aliphatic heterocycles. The van der Waals surface area contributed by atoms with Gasteiger partial charge in [0.05, 0.1) is 6.54 Å². The summed E-state index contributed by atoms with van der Waals surface area (Å²) in [5.74, 6) is -0.259. The van der Waals surface area contributed by atoms with Crippen molar-refractivity contribution in [3.63, 3.8) is 0 Å². The molecule has 0 fully saturated rings. The first-order chi connectivity index (χ1) is 9.83. The van der Waals surface area contributed by atoms with Crippen molar-refractivity contribution in [2.24, 2.45) is 0 Å². The van der Waals surface area contributed by atoms with E-state index >= 15 is 0 Å². The molecule has 2 heterocycles. The van der Waals surface area contributed by atoms with Gasteiger partial charge in [0.2, 0.25) is 0 Å². The molecule has 112 valence electrons. The summed E-state index contributed by atoms with van der Waals surface area (Å²) in [4.78, 5) is 17.1. The van der Waals surface area contributed by atoms with Crippen LogP contribution in [-0.2, 0) is 17.7 Å². The zero-order valence-corrected chi connectivity index (χ0v) is 12.5. The fourth-order valence-electron chi connectivity index (χ4n) is 2.68. The normalized spacial score (nSPS) is 15.1. The van der Waals surface area contributed by atoms with E-state index in [0.29, 0.717) is 13.1 Å². The van der Waals surface area contributed by atoms with E-state index in [4.69, 9.17) is 4.74 Å². The van der Waals surface area contributed by atoms with Crippen molar-refractivity contribution < 1.29 is 13.9 Å². The second kappa shape index (κ2) is 4.76. The lowest BCUT2D eigenvalue weighted by Crippen LogP contribution is -2.39. The number of carbonyl (C=O) groups is 1. The maximum atomic E-state index is 13.3. The van der Waals surface area contributed by atoms with Crippen LogP contribution in [0.2, 0.25) is 0 Å². The predicted molar refractivity (Wildman–Crippen MR) is 78.6 cm³/mol. The summed E-state index contributed by atoms with van der Waals surface area (Å²) in [6, 6.07) is 4.70. The van der Waals surface area contributed by atoms with Crippen molar-refractivity contribution in [3.8, 4) is 0 Å². The molecule has 0 spiro atoms. The number of benzene rings is 1. The van der Waals surface area contributed by atoms with Crippen molar-refractivity contribution in [3.05, 3.63) is 35.3 Å². The molecule has 4 nitrogen and oxygen atoms in total. The Morgan fingerprint density at radius 2 is 2.14 bits per heavy atom. The molecule has 3 rings (SSSR count). The molecule has 1 N–H and O–H groups in total. The standard InChI is InChI=1S/C16H19FN2O2/c1-16(2,3)21-15(20)19-7-6-13-12(9-19)11-5-4-10(17)8-14(11)18-13/h4-5,8,18H,6-7,9H2,1-3H3. The lowest BCUT2D eigenvalue weighted by molar-refractivity contribution is 0.0224. The van der Waals surface area contributed by atoms with E-state index < -0.39 is 5.60 Å². The van der Waals surface area contributed by atoms with Gasteiger partial charge < -0.3 is 14.6 Å². The lowest BCUT2D eigenvalue weighted by Gasteiger charge is -2.30. The van der Waals surface area contributed by atoms with Crippen molar-refractivity contribution in [1.82, 2.24) is 9.88 Å². The summed E-state index contributed by atoms with van der Waals surface area (Å²) in [6.45, 7) is 6.67. The predicted octanol–water partition coefficient (Wildman–Crippen LogP) is 3.60. The SMILES string of the molecule is CC(C)(C)OC(=O)N1CCc2[nH]c3cc(F)ccc3c2C1. The Morgan fingerprint density at radius 3 is 2.86 bits per heavy atom. The minimum atomic E-state index is -0.499. The number of aromatic nitrogens is 1. The van der Waals surface area contributed by atoms with Gasteiger partial charge in [0.15, 0.2) is 0 Å². The third-order valence-electron chi connectivity index (χ3n) is 3.59. The van der Waals surface area contributed by atoms with Gasteiger partial charge >= 0.3 is 6.09 Å². The molecule has 0 bridgehead atoms. The van der Waals surface area contributed by atoms with Crippen molar-refractivity contribution in [2.45, 2.75) is 39.3 Å². The Kier molecular flexibility index (Phi) is 3.15. The van der Waals surface area contributed by atoms with Gasteiger partial charge in [0.1, 0.15) is 11.4 Å². The number of amides is 1. The highest BCUT2D eigenvalue weighted by atomic mass is 19.1. The molecule has 2 aromatic rings. The first-order valence-corrected chi connectivity index (χ1v) is 7.10. The summed E-state index contributed by atoms with van der Waals surface area (Å²) < 4.78 is 18.7. The molecule has 0 atom stereocenters. The van der Waals surface area contributed by atoms with Gasteiger partial charge in [0.25, 0.3) is 0 Å². The van der Waals surface area contributed by atoms with E-state index in [9.17, 15) is 9.18 Å². The average molecular weight is 290 g/mol. The summed E-state index contributed by atoms with van der Waals surface area (Å²) in [5, 5.41) is 0.972. The fraction of sp³-hybridized carbons (Fsp3) is 0.438. The highest BCUT2D eigenvalue weighted by molar-refractivity contribution is 5.85. The molecule has 1 aromatic heterocycles. The zero-order valence-electron chi connectivity index (χ0n) is 12.5. The number of hydrogen-bond acceptors (Lipinski definition) is 2. The number of H-pyrrole nitrogens is 1. The third kappa shape index (κ3) is 2.73. The molecule has 0 unspecified atom stereocenters. The van der Waals surface area contributed by atoms with E-state index in [-0.39, 0.29) is 11.9 Å². The number of rotatable bonds is 0. The number of hydrogen-bond donors (Lipinski definition) is 1. The minimum Gasteiger partial charge on any atom is -0.444 e. The molecule has 0 aliphatic carbocycles. The van der Waals surface area contributed by atoms with E-state index in [2.05, 4.69) is 4.98 Å². The minimum absolute atomic E-state index is 0.259. The van der Waals surface area contributed by atoms with Gasteiger partial charge in [-0.05, 0) is 39.0 Å². The van der Waals surface area contributed by atoms with Gasteiger partial charge in [-0.25, -0.2) is 9.18 Å². The first kappa shape index (κ1) is 13.9. The second-order valence-electron chi connectivity index (χ2n) is 6.42. The number of nitrogens with one attached hydrogen (secondary N) is 1. The highest BCUT2D eigenvalue weighted by Gasteiger charge is 2.27. The van der Waals surface area contributed by atoms with Crippen LogP contribution in [0.5, 0.6) is 0 Å². The highest BCUT2D eigenvalue weighted by Crippen LogP contribution is 2.28. The summed E-state index contributed by atoms with van der Waals surface area (Å²) in [6.07, 6.45) is 0.426. The molecule has 0 saturated carbocycles. The van der Waals surface area contributed by atoms with Crippen molar-refractivity contribution >= 4 is 17.0 Å². The van der Waals surface area contributed by atoms with E-state index in [0.717, 1.165) is 28.6 Å². The largest absolute Gasteiger partial charge is 0.444 e. The van der Waals surface area contributed by atoms with E-state index in [1.165, 1.54) is 12.1 Å². The molecular weight excluding hydrogens is 271 g/mol. The van der Waals surface area contributed by atoms with Crippen LogP contribution in [0.4, 0.5) is 9.18 Å². The average Bonchev–Trinajstić information content (AvgIpc) is 2.72. The maximum Gasteiger partial charge on any atom is 0.410 e. The molecular formula is C16H19FN2O2. The Labute approximate surface area is 122 Å². The third-order valence-corrected chi connectivity index (χ3v) is 3.59. The summed E-state index contributed by atoms with van der Waals surface area (Å²) >= 11 is 0. The van der Waals surface area contributed by atoms with Crippen LogP contribution in [0, 0.1) is 5.82 Å². The topological polar surface area (TPSA) is 45.3 Å². The number of ether oxygens (including phenoxy) is 1. The Hall–Kier alpha value is -2.04. The zero-order chi connectivity index (χ0) is 15.2. The summed E-state index contributed by atoms with van der Waals surface area (Å²) in [5.41, 5.74) is 2.42. The van der Waals surface area contributed by atoms with Crippen LogP contribution in [0.15, 0.2) is 18.2 Å². The Balaban J connectivity index is 1.88. The Bertz CT molecular complexity index is 700. The first-order valence-electron chi connectivity index (χ1n) is 7.10. The van der Waals surface area contributed by atoms with Crippen LogP contribution >= 0.6 is 0 Å². The van der Waals surface area contributed by atoms with E-state index in [1.807, 2.05) is 20.8 Å². The van der Waals surface area contributed by atoms with Gasteiger partial charge in [-0.1, -0.05) is 0 Å². The molecule has 1 aliphatic rings. The van der Waals surface area contributed by atoms with E-state index in [1.54, 1.807) is 11.0 Å². The number of aromatic amines is 1. The van der Waals surface area contributed by atoms with Gasteiger partial charge in [-0.3, -0.25) is 0 Å². The molecule has 0 saturated heterocycles. The van der Waals surface area contributed by atoms with Crippen LogP contribution in [0.1, 0.15) is 32.0 Å². The monoisotopic (exact) mass is 290 g/mol. The smallest absolute Gasteiger partial charge is 0.410 e. The quantitative estimate of drug-likeness (QED) is 0.805. The van der Waals surface area contributed by atoms with Crippen LogP contribution in [-0.4, -0.2) is 28.1 Å². The summed E-state index contributed by atoms with van der Waals surface area (Å²) in [7, 11) is 0. The van der Waals surface area contributed by atoms with Gasteiger partial charge in [0, 0.05) is 35.1 Å². The molecule has 21 heavy (non-hydrogen) atoms. The van der Waals surface area contributed by atoms with Crippen molar-refractivity contribution in [2.75, 3.05) is 6.54 Å². The second-order valence-corrected chi connectivity index (χ2v) is 6.42. The molecule has 1 aromatic carbocycles. The fourth-order valence-corrected chi connectivity index (χ4v) is 2.68. The van der Waals surface area contributed by atoms with Crippen molar-refractivity contribution in [1.29, 1.82) is 0 Å². The van der Waals surface area contributed by atoms with Crippen LogP contribution in [0.25, 0.3) is 10.9 Å². The van der Waals surface area contributed by atoms with Crippen LogP contribution in [0.3, 0.4) is 0 Å². The van der Waals surface area contributed by atoms with Gasteiger partial charge in [-0.15, -0.1) is 0 Å². The molecule has 5 heteroatoms. The number of nitrogens with zero attached hydrogens (tertiary/aromatic N) is 1. The lowest BCUT2D eigenvalue weighted by atomic mass is 10.0. The number of fused-ring (bicyclic) bond motifs is 3. The molecule has 0 radical (unpaired) electrons. The maximum absolute atomic E-state index is 13.3. The Morgan fingerprint density at radius 1 is 1.38 bits per heavy atom. The number of carbonyl (C=O) groups excluding carboxylic acids is 1. The molecule has 1 amide bonds.